The molecule has 0 radical (unpaired) electrons. The molecule has 0 aromatic carbocycles. The zero-order chi connectivity index (χ0) is 12.3. The van der Waals surface area contributed by atoms with Crippen LogP contribution in [-0.4, -0.2) is 10.9 Å². The molecule has 0 atom stereocenters. The van der Waals surface area contributed by atoms with Gasteiger partial charge in [-0.25, -0.2) is 0 Å². The van der Waals surface area contributed by atoms with Crippen molar-refractivity contribution in [2.24, 2.45) is 0 Å². The predicted octanol–water partition coefficient (Wildman–Crippen LogP) is 2.02. The fourth-order valence-electron chi connectivity index (χ4n) is 1.30. The van der Waals surface area contributed by atoms with E-state index in [4.69, 9.17) is 11.6 Å². The van der Waals surface area contributed by atoms with Crippen LogP contribution in [0, 0.1) is 0 Å². The fraction of sp³-hybridized carbons (Fsp3) is 0.0909. The van der Waals surface area contributed by atoms with Gasteiger partial charge in [-0.05, 0) is 18.2 Å². The summed E-state index contributed by atoms with van der Waals surface area (Å²) in [5.74, 6) is -0.277. The molecule has 0 bridgehead atoms. The molecule has 88 valence electrons. The van der Waals surface area contributed by atoms with Gasteiger partial charge in [0.15, 0.2) is 0 Å². The molecule has 0 aliphatic carbocycles. The summed E-state index contributed by atoms with van der Waals surface area (Å²) in [7, 11) is 0. The highest BCUT2D eigenvalue weighted by atomic mass is 35.5. The number of nitrogens with one attached hydrogen (secondary N) is 2. The van der Waals surface area contributed by atoms with Gasteiger partial charge >= 0.3 is 0 Å². The van der Waals surface area contributed by atoms with Crippen LogP contribution in [0.2, 0.25) is 4.34 Å². The molecule has 0 aliphatic heterocycles. The fourth-order valence-corrected chi connectivity index (χ4v) is 2.33. The van der Waals surface area contributed by atoms with Gasteiger partial charge in [0.25, 0.3) is 5.91 Å². The number of rotatable bonds is 3. The van der Waals surface area contributed by atoms with Crippen molar-refractivity contribution in [2.45, 2.75) is 6.54 Å². The molecule has 2 aromatic rings. The van der Waals surface area contributed by atoms with Crippen molar-refractivity contribution in [1.29, 1.82) is 0 Å². The minimum Gasteiger partial charge on any atom is -0.347 e. The van der Waals surface area contributed by atoms with Gasteiger partial charge in [-0.15, -0.1) is 11.3 Å². The second-order valence-corrected chi connectivity index (χ2v) is 5.13. The Bertz CT molecular complexity index is 591. The van der Waals surface area contributed by atoms with E-state index in [0.29, 0.717) is 16.4 Å². The molecule has 0 aliphatic rings. The molecular formula is C11H9ClN2O2S. The van der Waals surface area contributed by atoms with E-state index < -0.39 is 0 Å². The molecule has 2 rings (SSSR count). The van der Waals surface area contributed by atoms with E-state index in [1.807, 2.05) is 6.07 Å². The van der Waals surface area contributed by atoms with Crippen molar-refractivity contribution in [2.75, 3.05) is 0 Å². The maximum Gasteiger partial charge on any atom is 0.251 e. The van der Waals surface area contributed by atoms with E-state index in [9.17, 15) is 9.59 Å². The summed E-state index contributed by atoms with van der Waals surface area (Å²) in [6, 6.07) is 6.45. The van der Waals surface area contributed by atoms with Crippen LogP contribution < -0.4 is 10.9 Å². The molecule has 1 amide bonds. The summed E-state index contributed by atoms with van der Waals surface area (Å²) in [4.78, 5) is 26.1. The molecule has 0 saturated heterocycles. The molecule has 2 heterocycles. The Morgan fingerprint density at radius 3 is 2.88 bits per heavy atom. The lowest BCUT2D eigenvalue weighted by Gasteiger charge is -2.02. The molecule has 2 N–H and O–H groups in total. The first-order valence-electron chi connectivity index (χ1n) is 4.86. The number of carbonyl (C=O) groups is 1. The summed E-state index contributed by atoms with van der Waals surface area (Å²) in [5, 5.41) is 2.72. The van der Waals surface area contributed by atoms with Gasteiger partial charge in [-0.3, -0.25) is 9.59 Å². The molecule has 6 heteroatoms. The summed E-state index contributed by atoms with van der Waals surface area (Å²) in [5.41, 5.74) is 0.0493. The van der Waals surface area contributed by atoms with E-state index >= 15 is 0 Å². The van der Waals surface area contributed by atoms with Crippen LogP contribution in [0.1, 0.15) is 15.2 Å². The van der Waals surface area contributed by atoms with Gasteiger partial charge in [0.2, 0.25) is 5.56 Å². The number of hydrogen-bond donors (Lipinski definition) is 2. The van der Waals surface area contributed by atoms with E-state index in [1.54, 1.807) is 12.1 Å². The second kappa shape index (κ2) is 5.16. The third-order valence-electron chi connectivity index (χ3n) is 2.09. The van der Waals surface area contributed by atoms with Crippen LogP contribution in [0.25, 0.3) is 0 Å². The highest BCUT2D eigenvalue weighted by Gasteiger charge is 2.06. The van der Waals surface area contributed by atoms with Gasteiger partial charge in [-0.1, -0.05) is 11.6 Å². The van der Waals surface area contributed by atoms with Crippen LogP contribution in [0.5, 0.6) is 0 Å². The molecule has 2 aromatic heterocycles. The van der Waals surface area contributed by atoms with Crippen LogP contribution in [0.3, 0.4) is 0 Å². The Morgan fingerprint density at radius 2 is 2.24 bits per heavy atom. The minimum absolute atomic E-state index is 0.277. The van der Waals surface area contributed by atoms with Crippen molar-refractivity contribution >= 4 is 28.8 Å². The quantitative estimate of drug-likeness (QED) is 0.895. The second-order valence-electron chi connectivity index (χ2n) is 3.33. The number of amides is 1. The van der Waals surface area contributed by atoms with Crippen LogP contribution >= 0.6 is 22.9 Å². The predicted molar refractivity (Wildman–Crippen MR) is 67.6 cm³/mol. The first-order chi connectivity index (χ1) is 8.15. The Balaban J connectivity index is 2.00. The van der Waals surface area contributed by atoms with Crippen molar-refractivity contribution in [3.63, 3.8) is 0 Å². The number of thiophene rings is 1. The molecule has 0 saturated carbocycles. The van der Waals surface area contributed by atoms with Gasteiger partial charge in [0.05, 0.1) is 10.9 Å². The Kier molecular flexibility index (Phi) is 3.61. The maximum atomic E-state index is 11.7. The topological polar surface area (TPSA) is 62.0 Å². The zero-order valence-electron chi connectivity index (χ0n) is 8.70. The molecule has 0 spiro atoms. The first kappa shape index (κ1) is 11.9. The molecule has 17 heavy (non-hydrogen) atoms. The summed E-state index contributed by atoms with van der Waals surface area (Å²) in [6.45, 7) is 0.406. The van der Waals surface area contributed by atoms with Crippen LogP contribution in [-0.2, 0) is 6.54 Å². The smallest absolute Gasteiger partial charge is 0.251 e. The van der Waals surface area contributed by atoms with Gasteiger partial charge in [-0.2, -0.15) is 0 Å². The van der Waals surface area contributed by atoms with Gasteiger partial charge < -0.3 is 10.3 Å². The number of carbonyl (C=O) groups excluding carboxylic acids is 1. The van der Waals surface area contributed by atoms with Gasteiger partial charge in [0, 0.05) is 22.7 Å². The normalized spacial score (nSPS) is 10.2. The van der Waals surface area contributed by atoms with Crippen molar-refractivity contribution in [1.82, 2.24) is 10.3 Å². The number of halogens is 1. The van der Waals surface area contributed by atoms with Crippen LogP contribution in [0.15, 0.2) is 35.3 Å². The third kappa shape index (κ3) is 3.18. The number of pyridine rings is 1. The lowest BCUT2D eigenvalue weighted by atomic mass is 10.2. The number of aromatic nitrogens is 1. The van der Waals surface area contributed by atoms with Crippen molar-refractivity contribution < 1.29 is 4.79 Å². The molecular weight excluding hydrogens is 260 g/mol. The average molecular weight is 269 g/mol. The van der Waals surface area contributed by atoms with Crippen molar-refractivity contribution in [3.8, 4) is 0 Å². The Morgan fingerprint density at radius 1 is 1.41 bits per heavy atom. The van der Waals surface area contributed by atoms with Crippen molar-refractivity contribution in [3.05, 3.63) is 55.6 Å². The number of H-pyrrole nitrogens is 1. The SMILES string of the molecule is O=C(NCc1ccc(Cl)s1)c1cc[nH]c(=O)c1. The monoisotopic (exact) mass is 268 g/mol. The highest BCUT2D eigenvalue weighted by Crippen LogP contribution is 2.20. The van der Waals surface area contributed by atoms with Gasteiger partial charge in [0.1, 0.15) is 0 Å². The molecule has 0 fully saturated rings. The number of hydrogen-bond acceptors (Lipinski definition) is 3. The largest absolute Gasteiger partial charge is 0.347 e. The van der Waals surface area contributed by atoms with E-state index in [1.165, 1.54) is 23.6 Å². The molecule has 4 nitrogen and oxygen atoms in total. The standard InChI is InChI=1S/C11H9ClN2O2S/c12-9-2-1-8(17-9)6-14-11(16)7-3-4-13-10(15)5-7/h1-5H,6H2,(H,13,15)(H,14,16). The lowest BCUT2D eigenvalue weighted by molar-refractivity contribution is 0.0951. The maximum absolute atomic E-state index is 11.7. The number of aromatic amines is 1. The van der Waals surface area contributed by atoms with E-state index in [0.717, 1.165) is 4.88 Å². The zero-order valence-corrected chi connectivity index (χ0v) is 10.3. The lowest BCUT2D eigenvalue weighted by Crippen LogP contribution is -2.23. The third-order valence-corrected chi connectivity index (χ3v) is 3.32. The van der Waals surface area contributed by atoms with E-state index in [-0.39, 0.29) is 11.5 Å². The summed E-state index contributed by atoms with van der Waals surface area (Å²) >= 11 is 7.18. The summed E-state index contributed by atoms with van der Waals surface area (Å²) < 4.78 is 0.686. The van der Waals surface area contributed by atoms with Crippen LogP contribution in [0.4, 0.5) is 0 Å². The summed E-state index contributed by atoms with van der Waals surface area (Å²) in [6.07, 6.45) is 1.44. The van der Waals surface area contributed by atoms with E-state index in [2.05, 4.69) is 10.3 Å². The first-order valence-corrected chi connectivity index (χ1v) is 6.06. The Hall–Kier alpha value is -1.59. The minimum atomic E-state index is -0.295. The Labute approximate surface area is 106 Å². The molecule has 0 unspecified atom stereocenters. The average Bonchev–Trinajstić information content (AvgIpc) is 2.72. The highest BCUT2D eigenvalue weighted by molar-refractivity contribution is 7.16.